The van der Waals surface area contributed by atoms with Crippen molar-refractivity contribution in [1.82, 2.24) is 14.9 Å². The number of rotatable bonds is 7. The van der Waals surface area contributed by atoms with E-state index in [1.807, 2.05) is 50.3 Å². The second-order valence-electron chi connectivity index (χ2n) is 9.18. The van der Waals surface area contributed by atoms with Crippen molar-refractivity contribution >= 4 is 23.5 Å². The van der Waals surface area contributed by atoms with E-state index in [9.17, 15) is 4.39 Å². The van der Waals surface area contributed by atoms with E-state index >= 15 is 4.39 Å². The van der Waals surface area contributed by atoms with Crippen LogP contribution in [0.2, 0.25) is 0 Å². The zero-order chi connectivity index (χ0) is 25.1. The number of allylic oxidation sites excluding steroid dienone is 2. The molecule has 5 rings (SSSR count). The molecule has 2 aliphatic heterocycles. The number of piperazine rings is 1. The van der Waals surface area contributed by atoms with Gasteiger partial charge in [-0.2, -0.15) is 9.97 Å². The summed E-state index contributed by atoms with van der Waals surface area (Å²) in [4.78, 5) is 17.8. The zero-order valence-electron chi connectivity index (χ0n) is 20.6. The number of anilines is 2. The van der Waals surface area contributed by atoms with E-state index in [4.69, 9.17) is 4.74 Å². The van der Waals surface area contributed by atoms with Crippen LogP contribution in [0.5, 0.6) is 11.8 Å². The number of amidine groups is 1. The average molecular weight is 493 g/mol. The van der Waals surface area contributed by atoms with E-state index < -0.39 is 5.82 Å². The molecule has 9 heteroatoms. The third-order valence-corrected chi connectivity index (χ3v) is 6.48. The van der Waals surface area contributed by atoms with Gasteiger partial charge in [-0.3, -0.25) is 9.89 Å². The Morgan fingerprint density at radius 1 is 1.14 bits per heavy atom. The summed E-state index contributed by atoms with van der Waals surface area (Å²) < 4.78 is 33.9. The van der Waals surface area contributed by atoms with Gasteiger partial charge in [0.15, 0.2) is 11.6 Å². The number of nitrogens with one attached hydrogen (secondary N) is 1. The van der Waals surface area contributed by atoms with Gasteiger partial charge >= 0.3 is 6.01 Å². The predicted molar refractivity (Wildman–Crippen MR) is 139 cm³/mol. The first kappa shape index (κ1) is 24.1. The number of hydrogen-bond donors (Lipinski definition) is 1. The van der Waals surface area contributed by atoms with Gasteiger partial charge in [0, 0.05) is 44.4 Å². The molecule has 2 aromatic rings. The standard InChI is InChI=1S/C27H30F2N6O/c1-3-4-19-15-23(30-17-19)31-24-16-25(35-11-9-34(8-7-28)10-12-35)33-27(32-24)36-22-6-5-20-13-18(2)14-21(20)26(22)29/h3-6,14-16H,7-13,17H2,1-2H3,(H,30,31,32,33)/b4-3+. The summed E-state index contributed by atoms with van der Waals surface area (Å²) in [6.45, 7) is 7.49. The number of nitrogens with zero attached hydrogens (tertiary/aromatic N) is 5. The van der Waals surface area contributed by atoms with Gasteiger partial charge in [-0.1, -0.05) is 29.9 Å². The molecule has 0 unspecified atom stereocenters. The van der Waals surface area contributed by atoms with Crippen molar-refractivity contribution in [2.24, 2.45) is 4.99 Å². The molecule has 1 aromatic carbocycles. The van der Waals surface area contributed by atoms with Crippen molar-refractivity contribution in [1.29, 1.82) is 0 Å². The first-order valence-electron chi connectivity index (χ1n) is 12.3. The maximum atomic E-state index is 15.2. The van der Waals surface area contributed by atoms with Crippen molar-refractivity contribution < 1.29 is 13.5 Å². The van der Waals surface area contributed by atoms with Crippen molar-refractivity contribution in [2.45, 2.75) is 20.3 Å². The molecule has 3 aliphatic rings. The molecule has 0 spiro atoms. The Hall–Kier alpha value is -3.59. The van der Waals surface area contributed by atoms with Gasteiger partial charge in [-0.15, -0.1) is 0 Å². The normalized spacial score (nSPS) is 17.8. The van der Waals surface area contributed by atoms with Crippen molar-refractivity contribution in [3.63, 3.8) is 0 Å². The Morgan fingerprint density at radius 2 is 1.97 bits per heavy atom. The fourth-order valence-corrected chi connectivity index (χ4v) is 4.67. The topological polar surface area (TPSA) is 65.9 Å². The van der Waals surface area contributed by atoms with Crippen LogP contribution < -0.4 is 15.0 Å². The van der Waals surface area contributed by atoms with Crippen LogP contribution in [0.3, 0.4) is 0 Å². The molecule has 1 aromatic heterocycles. The lowest BCUT2D eigenvalue weighted by Gasteiger charge is -2.35. The highest BCUT2D eigenvalue weighted by Crippen LogP contribution is 2.34. The summed E-state index contributed by atoms with van der Waals surface area (Å²) >= 11 is 0. The molecule has 0 atom stereocenters. The molecule has 36 heavy (non-hydrogen) atoms. The molecule has 188 valence electrons. The Bertz CT molecular complexity index is 1260. The van der Waals surface area contributed by atoms with Crippen LogP contribution in [0.4, 0.5) is 20.4 Å². The second kappa shape index (κ2) is 10.6. The fourth-order valence-electron chi connectivity index (χ4n) is 4.67. The molecule has 1 fully saturated rings. The van der Waals surface area contributed by atoms with Gasteiger partial charge < -0.3 is 15.0 Å². The maximum Gasteiger partial charge on any atom is 0.326 e. The van der Waals surface area contributed by atoms with Crippen LogP contribution in [-0.4, -0.2) is 66.6 Å². The SMILES string of the molecule is C/C=C/C1=CC(Nc2cc(N3CCN(CCF)CC3)nc(Oc3ccc4c(c3F)C=C(C)C4)n2)=NC1. The lowest BCUT2D eigenvalue weighted by Crippen LogP contribution is -2.47. The van der Waals surface area contributed by atoms with Crippen LogP contribution in [0.15, 0.2) is 52.6 Å². The molecule has 0 radical (unpaired) electrons. The largest absolute Gasteiger partial charge is 0.421 e. The monoisotopic (exact) mass is 492 g/mol. The van der Waals surface area contributed by atoms with Crippen molar-refractivity contribution in [3.8, 4) is 11.8 Å². The molecule has 7 nitrogen and oxygen atoms in total. The molecule has 1 saturated heterocycles. The summed E-state index contributed by atoms with van der Waals surface area (Å²) in [6.07, 6.45) is 8.55. The minimum Gasteiger partial charge on any atom is -0.421 e. The molecule has 1 aliphatic carbocycles. The number of aliphatic imine (C=N–C) groups is 1. The smallest absolute Gasteiger partial charge is 0.326 e. The number of fused-ring (bicyclic) bond motifs is 1. The number of alkyl halides is 1. The van der Waals surface area contributed by atoms with E-state index in [2.05, 4.69) is 30.1 Å². The van der Waals surface area contributed by atoms with Crippen LogP contribution in [0.25, 0.3) is 6.08 Å². The Kier molecular flexibility index (Phi) is 7.09. The Morgan fingerprint density at radius 3 is 2.75 bits per heavy atom. The van der Waals surface area contributed by atoms with Gasteiger partial charge in [0.05, 0.1) is 6.54 Å². The maximum absolute atomic E-state index is 15.2. The van der Waals surface area contributed by atoms with E-state index in [1.165, 1.54) is 0 Å². The first-order chi connectivity index (χ1) is 17.5. The van der Waals surface area contributed by atoms with E-state index in [-0.39, 0.29) is 18.4 Å². The quantitative estimate of drug-likeness (QED) is 0.600. The first-order valence-corrected chi connectivity index (χ1v) is 12.3. The highest BCUT2D eigenvalue weighted by Gasteiger charge is 2.22. The molecule has 0 amide bonds. The van der Waals surface area contributed by atoms with Gasteiger partial charge in [0.2, 0.25) is 0 Å². The molecule has 0 bridgehead atoms. The van der Waals surface area contributed by atoms with E-state index in [0.717, 1.165) is 36.2 Å². The average Bonchev–Trinajstić information content (AvgIpc) is 3.47. The van der Waals surface area contributed by atoms with E-state index in [1.54, 1.807) is 6.07 Å². The minimum atomic E-state index is -0.410. The van der Waals surface area contributed by atoms with Gasteiger partial charge in [0.1, 0.15) is 24.1 Å². The van der Waals surface area contributed by atoms with Crippen LogP contribution in [0.1, 0.15) is 25.0 Å². The van der Waals surface area contributed by atoms with Crippen molar-refractivity contribution in [3.05, 3.63) is 64.5 Å². The van der Waals surface area contributed by atoms with Crippen LogP contribution in [-0.2, 0) is 6.42 Å². The number of benzene rings is 1. The van der Waals surface area contributed by atoms with Crippen molar-refractivity contribution in [2.75, 3.05) is 56.2 Å². The molecule has 1 N–H and O–H groups in total. The zero-order valence-corrected chi connectivity index (χ0v) is 20.6. The molecular formula is C27H30F2N6O. The lowest BCUT2D eigenvalue weighted by molar-refractivity contribution is 0.235. The Labute approximate surface area is 209 Å². The number of ether oxygens (including phenoxy) is 1. The molecule has 0 saturated carbocycles. The fraction of sp³-hybridized carbons (Fsp3) is 0.370. The predicted octanol–water partition coefficient (Wildman–Crippen LogP) is 4.79. The summed E-state index contributed by atoms with van der Waals surface area (Å²) in [5.74, 6) is 1.54. The third-order valence-electron chi connectivity index (χ3n) is 6.48. The lowest BCUT2D eigenvalue weighted by atomic mass is 10.1. The number of hydrogen-bond acceptors (Lipinski definition) is 7. The number of halogens is 2. The highest BCUT2D eigenvalue weighted by molar-refractivity contribution is 6.05. The highest BCUT2D eigenvalue weighted by atomic mass is 19.1. The van der Waals surface area contributed by atoms with E-state index in [0.29, 0.717) is 49.2 Å². The second-order valence-corrected chi connectivity index (χ2v) is 9.18. The third kappa shape index (κ3) is 5.31. The van der Waals surface area contributed by atoms with Crippen LogP contribution >= 0.6 is 0 Å². The summed E-state index contributed by atoms with van der Waals surface area (Å²) in [6, 6.07) is 5.41. The van der Waals surface area contributed by atoms with Gasteiger partial charge in [-0.25, -0.2) is 8.78 Å². The summed E-state index contributed by atoms with van der Waals surface area (Å²) in [5, 5.41) is 3.24. The van der Waals surface area contributed by atoms with Gasteiger partial charge in [0.25, 0.3) is 0 Å². The minimum absolute atomic E-state index is 0.0509. The molecule has 3 heterocycles. The van der Waals surface area contributed by atoms with Gasteiger partial charge in [-0.05, 0) is 43.5 Å². The Balaban J connectivity index is 1.42. The number of aromatic nitrogens is 2. The molecular weight excluding hydrogens is 462 g/mol. The van der Waals surface area contributed by atoms with Crippen LogP contribution in [0, 0.1) is 5.82 Å². The summed E-state index contributed by atoms with van der Waals surface area (Å²) in [7, 11) is 0. The summed E-state index contributed by atoms with van der Waals surface area (Å²) in [5.41, 5.74) is 3.72.